The molecule has 0 aliphatic heterocycles. The van der Waals surface area contributed by atoms with E-state index < -0.39 is 36.1 Å². The highest BCUT2D eigenvalue weighted by Gasteiger charge is 2.33. The van der Waals surface area contributed by atoms with Crippen molar-refractivity contribution in [2.45, 2.75) is 39.4 Å². The lowest BCUT2D eigenvalue weighted by Gasteiger charge is -2.16. The Morgan fingerprint density at radius 1 is 1.11 bits per heavy atom. The molecule has 0 aromatic heterocycles. The van der Waals surface area contributed by atoms with Gasteiger partial charge < -0.3 is 20.1 Å². The molecule has 0 aliphatic carbocycles. The van der Waals surface area contributed by atoms with Crippen LogP contribution in [0.4, 0.5) is 18.9 Å². The van der Waals surface area contributed by atoms with Crippen LogP contribution in [0.3, 0.4) is 0 Å². The highest BCUT2D eigenvalue weighted by atomic mass is 127. The molecule has 3 N–H and O–H groups in total. The van der Waals surface area contributed by atoms with Crippen LogP contribution in [0, 0.1) is 3.57 Å². The Labute approximate surface area is 225 Å². The number of halogens is 4. The standard InChI is InChI=1S/C24H26F3IN4O5/c1-4-14(3)30-22(34)23(35)32-29-12-15-10-17(28)21(19(11-15)36-5-2)37-13-20(33)31-18-9-7-6-8-16(18)24(25,26)27/h6-12,14H,4-5,13H2,1-3H3,(H,30,34)(H,31,33)(H,32,35)/b29-12-/t14-/m1/s1. The van der Waals surface area contributed by atoms with E-state index in [1.165, 1.54) is 24.4 Å². The number of amides is 3. The van der Waals surface area contributed by atoms with Crippen molar-refractivity contribution in [1.82, 2.24) is 10.7 Å². The first-order chi connectivity index (χ1) is 17.5. The van der Waals surface area contributed by atoms with Crippen LogP contribution in [-0.2, 0) is 20.6 Å². The second kappa shape index (κ2) is 13.8. The third-order valence-electron chi connectivity index (χ3n) is 4.76. The molecule has 0 saturated carbocycles. The molecular formula is C24H26F3IN4O5. The normalized spacial score (nSPS) is 12.1. The summed E-state index contributed by atoms with van der Waals surface area (Å²) in [5, 5.41) is 8.51. The van der Waals surface area contributed by atoms with Gasteiger partial charge in [0.2, 0.25) is 0 Å². The molecule has 2 rings (SSSR count). The maximum atomic E-state index is 13.2. The second-order valence-corrected chi connectivity index (χ2v) is 8.79. The summed E-state index contributed by atoms with van der Waals surface area (Å²) >= 11 is 1.93. The number of nitrogens with zero attached hydrogens (tertiary/aromatic N) is 1. The lowest BCUT2D eigenvalue weighted by molar-refractivity contribution is -0.139. The topological polar surface area (TPSA) is 118 Å². The minimum atomic E-state index is -4.63. The number of rotatable bonds is 10. The second-order valence-electron chi connectivity index (χ2n) is 7.63. The monoisotopic (exact) mass is 634 g/mol. The zero-order valence-corrected chi connectivity index (χ0v) is 22.4. The Morgan fingerprint density at radius 2 is 1.81 bits per heavy atom. The Kier molecular flexibility index (Phi) is 11.1. The van der Waals surface area contributed by atoms with Crippen molar-refractivity contribution in [2.75, 3.05) is 18.5 Å². The molecule has 2 aromatic rings. The molecule has 2 aromatic carbocycles. The Bertz CT molecular complexity index is 1160. The van der Waals surface area contributed by atoms with Crippen LogP contribution in [0.5, 0.6) is 11.5 Å². The first-order valence-corrected chi connectivity index (χ1v) is 12.2. The van der Waals surface area contributed by atoms with Crippen molar-refractivity contribution in [2.24, 2.45) is 5.10 Å². The predicted octanol–water partition coefficient (Wildman–Crippen LogP) is 4.09. The van der Waals surface area contributed by atoms with Gasteiger partial charge in [-0.2, -0.15) is 18.3 Å². The van der Waals surface area contributed by atoms with Gasteiger partial charge >= 0.3 is 18.0 Å². The average Bonchev–Trinajstić information content (AvgIpc) is 2.83. The summed E-state index contributed by atoms with van der Waals surface area (Å²) in [5.74, 6) is -2.07. The summed E-state index contributed by atoms with van der Waals surface area (Å²) in [4.78, 5) is 35.9. The molecule has 0 heterocycles. The number of alkyl halides is 3. The maximum absolute atomic E-state index is 13.2. The van der Waals surface area contributed by atoms with Crippen LogP contribution in [-0.4, -0.2) is 43.2 Å². The number of hydrogen-bond acceptors (Lipinski definition) is 6. The molecule has 0 saturated heterocycles. The first-order valence-electron chi connectivity index (χ1n) is 11.1. The number of hydrazone groups is 1. The van der Waals surface area contributed by atoms with E-state index in [0.29, 0.717) is 15.6 Å². The Balaban J connectivity index is 2.09. The van der Waals surface area contributed by atoms with Crippen LogP contribution in [0.15, 0.2) is 41.5 Å². The number of para-hydroxylation sites is 1. The van der Waals surface area contributed by atoms with E-state index in [1.54, 1.807) is 19.9 Å². The minimum absolute atomic E-state index is 0.161. The molecule has 1 atom stereocenters. The van der Waals surface area contributed by atoms with E-state index in [0.717, 1.165) is 12.1 Å². The summed E-state index contributed by atoms with van der Waals surface area (Å²) < 4.78 is 51.1. The molecular weight excluding hydrogens is 608 g/mol. The van der Waals surface area contributed by atoms with Gasteiger partial charge in [0, 0.05) is 6.04 Å². The molecule has 37 heavy (non-hydrogen) atoms. The summed E-state index contributed by atoms with van der Waals surface area (Å²) in [6.45, 7) is 5.04. The van der Waals surface area contributed by atoms with Gasteiger partial charge in [-0.15, -0.1) is 0 Å². The fraction of sp³-hybridized carbons (Fsp3) is 0.333. The minimum Gasteiger partial charge on any atom is -0.490 e. The zero-order valence-electron chi connectivity index (χ0n) is 20.2. The van der Waals surface area contributed by atoms with Crippen molar-refractivity contribution >= 4 is 52.2 Å². The summed E-state index contributed by atoms with van der Waals surface area (Å²) in [5.41, 5.74) is 1.28. The number of carbonyl (C=O) groups is 3. The SMILES string of the molecule is CCOc1cc(/C=N\NC(=O)C(=O)N[C@H](C)CC)cc(I)c1OCC(=O)Nc1ccccc1C(F)(F)F. The van der Waals surface area contributed by atoms with Crippen molar-refractivity contribution in [1.29, 1.82) is 0 Å². The molecule has 0 radical (unpaired) electrons. The van der Waals surface area contributed by atoms with Crippen LogP contribution < -0.4 is 25.5 Å². The lowest BCUT2D eigenvalue weighted by Crippen LogP contribution is -2.41. The smallest absolute Gasteiger partial charge is 0.418 e. The van der Waals surface area contributed by atoms with E-state index >= 15 is 0 Å². The number of hydrogen-bond donors (Lipinski definition) is 3. The predicted molar refractivity (Wildman–Crippen MR) is 140 cm³/mol. The zero-order chi connectivity index (χ0) is 27.6. The van der Waals surface area contributed by atoms with Gasteiger partial charge in [-0.1, -0.05) is 19.1 Å². The van der Waals surface area contributed by atoms with E-state index in [2.05, 4.69) is 21.2 Å². The molecule has 3 amide bonds. The molecule has 13 heteroatoms. The van der Waals surface area contributed by atoms with Crippen LogP contribution in [0.25, 0.3) is 0 Å². The molecule has 0 unspecified atom stereocenters. The van der Waals surface area contributed by atoms with Gasteiger partial charge in [0.15, 0.2) is 18.1 Å². The fourth-order valence-corrected chi connectivity index (χ4v) is 3.62. The van der Waals surface area contributed by atoms with Gasteiger partial charge in [-0.3, -0.25) is 14.4 Å². The van der Waals surface area contributed by atoms with Crippen molar-refractivity contribution in [3.63, 3.8) is 0 Å². The highest BCUT2D eigenvalue weighted by Crippen LogP contribution is 2.35. The van der Waals surface area contributed by atoms with Crippen molar-refractivity contribution < 1.29 is 37.0 Å². The third-order valence-corrected chi connectivity index (χ3v) is 5.56. The van der Waals surface area contributed by atoms with Gasteiger partial charge in [0.1, 0.15) is 0 Å². The highest BCUT2D eigenvalue weighted by molar-refractivity contribution is 14.1. The molecule has 200 valence electrons. The number of ether oxygens (including phenoxy) is 2. The van der Waals surface area contributed by atoms with E-state index in [-0.39, 0.29) is 29.8 Å². The van der Waals surface area contributed by atoms with Gasteiger partial charge in [0.25, 0.3) is 5.91 Å². The van der Waals surface area contributed by atoms with E-state index in [1.807, 2.05) is 29.5 Å². The number of nitrogens with one attached hydrogen (secondary N) is 3. The summed E-state index contributed by atoms with van der Waals surface area (Å²) in [6, 6.07) is 7.61. The van der Waals surface area contributed by atoms with Gasteiger partial charge in [-0.25, -0.2) is 5.43 Å². The largest absolute Gasteiger partial charge is 0.490 e. The van der Waals surface area contributed by atoms with Crippen molar-refractivity contribution in [3.05, 3.63) is 51.1 Å². The Morgan fingerprint density at radius 3 is 2.46 bits per heavy atom. The molecule has 0 spiro atoms. The molecule has 9 nitrogen and oxygen atoms in total. The third kappa shape index (κ3) is 9.22. The average molecular weight is 634 g/mol. The summed E-state index contributed by atoms with van der Waals surface area (Å²) in [6.07, 6.45) is -2.67. The first kappa shape index (κ1) is 29.9. The molecule has 0 bridgehead atoms. The van der Waals surface area contributed by atoms with Gasteiger partial charge in [0.05, 0.1) is 27.6 Å². The maximum Gasteiger partial charge on any atom is 0.418 e. The van der Waals surface area contributed by atoms with Crippen LogP contribution in [0.1, 0.15) is 38.3 Å². The Hall–Kier alpha value is -3.36. The van der Waals surface area contributed by atoms with Gasteiger partial charge in [-0.05, 0) is 72.7 Å². The molecule has 0 fully saturated rings. The number of carbonyl (C=O) groups excluding carboxylic acids is 3. The fourth-order valence-electron chi connectivity index (χ4n) is 2.84. The quantitative estimate of drug-likeness (QED) is 0.158. The lowest BCUT2D eigenvalue weighted by atomic mass is 10.1. The summed E-state index contributed by atoms with van der Waals surface area (Å²) in [7, 11) is 0. The molecule has 0 aliphatic rings. The van der Waals surface area contributed by atoms with Crippen LogP contribution >= 0.6 is 22.6 Å². The van der Waals surface area contributed by atoms with Crippen molar-refractivity contribution in [3.8, 4) is 11.5 Å². The number of anilines is 1. The van der Waals surface area contributed by atoms with Crippen LogP contribution in [0.2, 0.25) is 0 Å². The van der Waals surface area contributed by atoms with E-state index in [9.17, 15) is 27.6 Å². The number of benzene rings is 2. The van der Waals surface area contributed by atoms with E-state index in [4.69, 9.17) is 9.47 Å².